The second kappa shape index (κ2) is 14.4. The van der Waals surface area contributed by atoms with Crippen molar-refractivity contribution in [1.82, 2.24) is 0 Å². The molecule has 59 heavy (non-hydrogen) atoms. The Bertz CT molecular complexity index is 3070. The Balaban J connectivity index is 1.33. The predicted octanol–water partition coefficient (Wildman–Crippen LogP) is 12.6. The van der Waals surface area contributed by atoms with Gasteiger partial charge in [-0.3, -0.25) is 0 Å². The fraction of sp³-hybridized carbons (Fsp3) is 0.0566. The van der Waals surface area contributed by atoms with Gasteiger partial charge in [0.05, 0.1) is 48.6 Å². The summed E-state index contributed by atoms with van der Waals surface area (Å²) in [5.74, 6) is 0. The third-order valence-corrected chi connectivity index (χ3v) is 13.5. The molecular weight excluding hydrogens is 737 g/mol. The first-order valence-electron chi connectivity index (χ1n) is 19.9. The van der Waals surface area contributed by atoms with Gasteiger partial charge in [-0.15, -0.1) is 0 Å². The Morgan fingerprint density at radius 2 is 1.14 bits per heavy atom. The van der Waals surface area contributed by atoms with Crippen LogP contribution in [-0.2, 0) is 5.41 Å². The summed E-state index contributed by atoms with van der Waals surface area (Å²) in [5, 5.41) is 26.4. The molecule has 280 valence electrons. The average molecular weight is 775 g/mol. The third kappa shape index (κ3) is 5.81. The van der Waals surface area contributed by atoms with Crippen LogP contribution in [-0.4, -0.2) is 8.80 Å². The summed E-state index contributed by atoms with van der Waals surface area (Å²) in [4.78, 5) is 2.33. The number of fused-ring (bicyclic) bond motifs is 7. The number of rotatable bonds is 8. The van der Waals surface area contributed by atoms with E-state index >= 15 is 0 Å². The van der Waals surface area contributed by atoms with Crippen molar-refractivity contribution < 1.29 is 4.42 Å². The van der Waals surface area contributed by atoms with Crippen LogP contribution in [0.25, 0.3) is 33.1 Å². The molecule has 5 nitrogen and oxygen atoms in total. The molecule has 0 saturated heterocycles. The molecule has 0 aliphatic heterocycles. The van der Waals surface area contributed by atoms with E-state index < -0.39 is 14.2 Å². The highest BCUT2D eigenvalue weighted by Crippen LogP contribution is 2.61. The summed E-state index contributed by atoms with van der Waals surface area (Å²) in [7, 11) is -1.06. The smallest absolute Gasteiger partial charge is 0.145 e. The van der Waals surface area contributed by atoms with Gasteiger partial charge in [0, 0.05) is 33.7 Å². The monoisotopic (exact) mass is 774 g/mol. The van der Waals surface area contributed by atoms with Crippen LogP contribution < -0.4 is 15.4 Å². The number of furan rings is 1. The van der Waals surface area contributed by atoms with E-state index in [0.717, 1.165) is 83.8 Å². The van der Waals surface area contributed by atoms with E-state index in [1.54, 1.807) is 0 Å². The van der Waals surface area contributed by atoms with Gasteiger partial charge in [0.25, 0.3) is 0 Å². The lowest BCUT2D eigenvalue weighted by Crippen LogP contribution is -2.29. The Hall–Kier alpha value is -7.64. The molecule has 9 aromatic rings. The minimum absolute atomic E-state index is 0.607. The lowest BCUT2D eigenvalue weighted by Gasteiger charge is -2.35. The van der Waals surface area contributed by atoms with Crippen molar-refractivity contribution in [1.29, 1.82) is 10.5 Å². The Morgan fingerprint density at radius 1 is 0.576 bits per heavy atom. The Labute approximate surface area is 345 Å². The maximum Gasteiger partial charge on any atom is 0.145 e. The van der Waals surface area contributed by atoms with Crippen LogP contribution in [0.5, 0.6) is 0 Å². The summed E-state index contributed by atoms with van der Waals surface area (Å²) in [5.41, 5.74) is 13.6. The molecule has 6 heteroatoms. The van der Waals surface area contributed by atoms with Crippen molar-refractivity contribution in [2.24, 2.45) is 0 Å². The SMILES string of the molecule is C[SiH](C)c1ccc(N(c2ccc(C#N)cc2)c2cc3c(c4oc5ccccc5c24)-c2ccc(Nc4ccc(C#N)cc4)cc2C3(c2ccccc2)c2ccccc2)cc1. The van der Waals surface area contributed by atoms with Crippen molar-refractivity contribution >= 4 is 64.4 Å². The zero-order valence-corrected chi connectivity index (χ0v) is 33.8. The molecule has 1 aromatic heterocycles. The van der Waals surface area contributed by atoms with E-state index in [9.17, 15) is 10.5 Å². The van der Waals surface area contributed by atoms with Gasteiger partial charge in [0.15, 0.2) is 0 Å². The van der Waals surface area contributed by atoms with Gasteiger partial charge in [-0.05, 0) is 113 Å². The number of nitriles is 2. The van der Waals surface area contributed by atoms with Crippen LogP contribution in [0.15, 0.2) is 186 Å². The molecular formula is C53H38N4OSi. The number of anilines is 5. The highest BCUT2D eigenvalue weighted by Gasteiger charge is 2.48. The number of benzene rings is 8. The van der Waals surface area contributed by atoms with E-state index in [0.29, 0.717) is 11.1 Å². The van der Waals surface area contributed by atoms with Gasteiger partial charge in [0.1, 0.15) is 11.2 Å². The van der Waals surface area contributed by atoms with Gasteiger partial charge in [-0.2, -0.15) is 10.5 Å². The molecule has 1 aliphatic rings. The van der Waals surface area contributed by atoms with E-state index in [-0.39, 0.29) is 0 Å². The molecule has 0 bridgehead atoms. The molecule has 0 spiro atoms. The molecule has 0 saturated carbocycles. The molecule has 0 fully saturated rings. The minimum Gasteiger partial charge on any atom is -0.455 e. The largest absolute Gasteiger partial charge is 0.455 e. The summed E-state index contributed by atoms with van der Waals surface area (Å²) in [6.07, 6.45) is 0. The minimum atomic E-state index is -1.06. The van der Waals surface area contributed by atoms with Crippen LogP contribution in [0, 0.1) is 22.7 Å². The summed E-state index contributed by atoms with van der Waals surface area (Å²) < 4.78 is 7.11. The van der Waals surface area contributed by atoms with Crippen LogP contribution in [0.2, 0.25) is 13.1 Å². The number of para-hydroxylation sites is 1. The molecule has 0 atom stereocenters. The van der Waals surface area contributed by atoms with E-state index in [1.165, 1.54) is 5.19 Å². The van der Waals surface area contributed by atoms with Gasteiger partial charge in [-0.1, -0.05) is 115 Å². The zero-order chi connectivity index (χ0) is 40.1. The van der Waals surface area contributed by atoms with Gasteiger partial charge in [0.2, 0.25) is 0 Å². The van der Waals surface area contributed by atoms with Crippen molar-refractivity contribution in [3.8, 4) is 23.3 Å². The fourth-order valence-corrected chi connectivity index (χ4v) is 9.96. The van der Waals surface area contributed by atoms with Crippen LogP contribution in [0.4, 0.5) is 28.4 Å². The first kappa shape index (κ1) is 35.7. The van der Waals surface area contributed by atoms with E-state index in [2.05, 4.69) is 163 Å². The maximum atomic E-state index is 9.82. The van der Waals surface area contributed by atoms with Gasteiger partial charge >= 0.3 is 0 Å². The summed E-state index contributed by atoms with van der Waals surface area (Å²) in [6.45, 7) is 4.70. The van der Waals surface area contributed by atoms with Crippen molar-refractivity contribution in [3.63, 3.8) is 0 Å². The molecule has 10 rings (SSSR count). The van der Waals surface area contributed by atoms with Crippen molar-refractivity contribution in [2.75, 3.05) is 10.2 Å². The topological polar surface area (TPSA) is 76.0 Å². The molecule has 1 heterocycles. The third-order valence-electron chi connectivity index (χ3n) is 11.8. The molecule has 0 radical (unpaired) electrons. The second-order valence-corrected chi connectivity index (χ2v) is 18.4. The normalized spacial score (nSPS) is 12.5. The first-order valence-corrected chi connectivity index (χ1v) is 22.8. The molecule has 0 amide bonds. The molecule has 1 N–H and O–H groups in total. The number of nitrogens with one attached hydrogen (secondary N) is 1. The highest BCUT2D eigenvalue weighted by atomic mass is 28.3. The summed E-state index contributed by atoms with van der Waals surface area (Å²) in [6, 6.07) is 68.0. The van der Waals surface area contributed by atoms with E-state index in [4.69, 9.17) is 4.42 Å². The zero-order valence-electron chi connectivity index (χ0n) is 32.6. The molecule has 0 unspecified atom stereocenters. The van der Waals surface area contributed by atoms with Crippen LogP contribution >= 0.6 is 0 Å². The molecule has 8 aromatic carbocycles. The quantitative estimate of drug-likeness (QED) is 0.156. The van der Waals surface area contributed by atoms with Crippen molar-refractivity contribution in [3.05, 3.63) is 215 Å². The first-order chi connectivity index (χ1) is 29.0. The Morgan fingerprint density at radius 3 is 1.75 bits per heavy atom. The lowest BCUT2D eigenvalue weighted by atomic mass is 9.67. The Kier molecular flexibility index (Phi) is 8.71. The van der Waals surface area contributed by atoms with E-state index in [1.807, 2.05) is 54.6 Å². The number of nitrogens with zero attached hydrogens (tertiary/aromatic N) is 3. The summed E-state index contributed by atoms with van der Waals surface area (Å²) >= 11 is 0. The second-order valence-electron chi connectivity index (χ2n) is 15.4. The molecule has 1 aliphatic carbocycles. The number of hydrogen-bond acceptors (Lipinski definition) is 5. The lowest BCUT2D eigenvalue weighted by molar-refractivity contribution is 0.669. The predicted molar refractivity (Wildman–Crippen MR) is 243 cm³/mol. The standard InChI is InChI=1S/C53H38N4OSi/c1-59(2)43-28-26-42(27-29-43)57(41-24-19-36(34-55)20-25-41)48-32-47-50(52-51(48)45-15-9-10-16-49(45)58-52)44-30-23-40(56-39-21-17-35(33-54)18-22-39)31-46(44)53(47,37-11-5-3-6-12-37)38-13-7-4-8-14-38/h3-32,56,59H,1-2H3. The maximum absolute atomic E-state index is 9.82. The van der Waals surface area contributed by atoms with Gasteiger partial charge < -0.3 is 14.6 Å². The number of hydrogen-bond donors (Lipinski definition) is 1. The average Bonchev–Trinajstić information content (AvgIpc) is 3.82. The van der Waals surface area contributed by atoms with Crippen LogP contribution in [0.3, 0.4) is 0 Å². The van der Waals surface area contributed by atoms with Crippen molar-refractivity contribution in [2.45, 2.75) is 18.5 Å². The highest BCUT2D eigenvalue weighted by molar-refractivity contribution is 6.70. The van der Waals surface area contributed by atoms with Gasteiger partial charge in [-0.25, -0.2) is 0 Å². The fourth-order valence-electron chi connectivity index (χ4n) is 8.99. The van der Waals surface area contributed by atoms with Crippen LogP contribution in [0.1, 0.15) is 33.4 Å².